The lowest BCUT2D eigenvalue weighted by atomic mass is 10.1. The molecule has 0 spiro atoms. The number of hydrogen-bond donors (Lipinski definition) is 2. The van der Waals surface area contributed by atoms with Crippen LogP contribution in [0.15, 0.2) is 54.1 Å². The molecule has 2 amide bonds. The second kappa shape index (κ2) is 8.42. The average molecular weight is 431 g/mol. The maximum absolute atomic E-state index is 12.9. The number of anilines is 1. The van der Waals surface area contributed by atoms with Crippen LogP contribution in [-0.4, -0.2) is 34.1 Å². The van der Waals surface area contributed by atoms with Crippen molar-refractivity contribution in [2.75, 3.05) is 4.90 Å². The molecule has 0 bridgehead atoms. The number of carboxylic acid groups (broad SMARTS) is 1. The number of carbonyl (C=O) groups excluding carboxylic acids is 2. The summed E-state index contributed by atoms with van der Waals surface area (Å²) >= 11 is 11.1. The first-order valence-corrected chi connectivity index (χ1v) is 9.21. The van der Waals surface area contributed by atoms with E-state index in [-0.39, 0.29) is 10.7 Å². The Morgan fingerprint density at radius 2 is 1.93 bits per heavy atom. The summed E-state index contributed by atoms with van der Waals surface area (Å²) < 4.78 is 5.26. The van der Waals surface area contributed by atoms with E-state index in [4.69, 9.17) is 33.7 Å². The van der Waals surface area contributed by atoms with Crippen molar-refractivity contribution in [3.63, 3.8) is 0 Å². The van der Waals surface area contributed by atoms with Gasteiger partial charge in [-0.1, -0.05) is 29.8 Å². The molecule has 1 atom stereocenters. The predicted octanol–water partition coefficient (Wildman–Crippen LogP) is 3.02. The minimum atomic E-state index is -1.09. The molecule has 2 N–H and O–H groups in total. The van der Waals surface area contributed by atoms with Gasteiger partial charge in [0.15, 0.2) is 11.2 Å². The first kappa shape index (κ1) is 20.5. The van der Waals surface area contributed by atoms with E-state index in [0.717, 1.165) is 0 Å². The van der Waals surface area contributed by atoms with E-state index in [1.54, 1.807) is 48.5 Å². The SMILES string of the molecule is CC(Oc1ccc(C=C2C(=O)NC(=S)N(c3cccc(Cl)c3)C2=O)cc1)C(=O)O. The summed E-state index contributed by atoms with van der Waals surface area (Å²) in [6.45, 7) is 1.41. The summed E-state index contributed by atoms with van der Waals surface area (Å²) in [5, 5.41) is 11.8. The molecule has 9 heteroatoms. The van der Waals surface area contributed by atoms with E-state index in [1.165, 1.54) is 17.9 Å². The highest BCUT2D eigenvalue weighted by atomic mass is 35.5. The van der Waals surface area contributed by atoms with Gasteiger partial charge in [-0.15, -0.1) is 0 Å². The van der Waals surface area contributed by atoms with E-state index < -0.39 is 23.9 Å². The molecule has 0 saturated carbocycles. The third kappa shape index (κ3) is 4.61. The van der Waals surface area contributed by atoms with Gasteiger partial charge in [0.05, 0.1) is 5.69 Å². The van der Waals surface area contributed by atoms with Crippen molar-refractivity contribution >= 4 is 58.5 Å². The summed E-state index contributed by atoms with van der Waals surface area (Å²) in [6, 6.07) is 12.9. The van der Waals surface area contributed by atoms with Gasteiger partial charge in [0, 0.05) is 5.02 Å². The van der Waals surface area contributed by atoms with Crippen molar-refractivity contribution in [3.05, 3.63) is 64.7 Å². The number of carboxylic acids is 1. The molecule has 0 radical (unpaired) electrons. The first-order valence-electron chi connectivity index (χ1n) is 8.43. The number of rotatable bonds is 5. The number of nitrogens with one attached hydrogen (secondary N) is 1. The van der Waals surface area contributed by atoms with Crippen LogP contribution in [0.2, 0.25) is 5.02 Å². The van der Waals surface area contributed by atoms with Crippen LogP contribution >= 0.6 is 23.8 Å². The molecule has 2 aromatic rings. The van der Waals surface area contributed by atoms with Crippen LogP contribution in [0.25, 0.3) is 6.08 Å². The Bertz CT molecular complexity index is 1040. The van der Waals surface area contributed by atoms with E-state index >= 15 is 0 Å². The monoisotopic (exact) mass is 430 g/mol. The summed E-state index contributed by atoms with van der Waals surface area (Å²) in [7, 11) is 0. The van der Waals surface area contributed by atoms with Crippen molar-refractivity contribution in [3.8, 4) is 5.75 Å². The molecule has 1 aliphatic heterocycles. The number of carbonyl (C=O) groups is 3. The largest absolute Gasteiger partial charge is 0.479 e. The van der Waals surface area contributed by atoms with Gasteiger partial charge in [0.2, 0.25) is 0 Å². The molecule has 1 unspecified atom stereocenters. The second-order valence-corrected chi connectivity index (χ2v) is 6.93. The molecule has 1 heterocycles. The molecule has 29 heavy (non-hydrogen) atoms. The van der Waals surface area contributed by atoms with E-state index in [2.05, 4.69) is 5.32 Å². The number of benzene rings is 2. The van der Waals surface area contributed by atoms with E-state index in [0.29, 0.717) is 22.0 Å². The van der Waals surface area contributed by atoms with Crippen LogP contribution < -0.4 is 15.0 Å². The fraction of sp³-hybridized carbons (Fsp3) is 0.100. The van der Waals surface area contributed by atoms with Crippen LogP contribution in [0, 0.1) is 0 Å². The molecular formula is C20H15ClN2O5S. The Balaban J connectivity index is 1.87. The minimum Gasteiger partial charge on any atom is -0.479 e. The van der Waals surface area contributed by atoms with Crippen LogP contribution in [0.3, 0.4) is 0 Å². The van der Waals surface area contributed by atoms with Gasteiger partial charge in [-0.3, -0.25) is 19.8 Å². The number of amides is 2. The van der Waals surface area contributed by atoms with Crippen molar-refractivity contribution < 1.29 is 24.2 Å². The summed E-state index contributed by atoms with van der Waals surface area (Å²) in [6.07, 6.45) is 0.415. The van der Waals surface area contributed by atoms with Crippen LogP contribution in [0.1, 0.15) is 12.5 Å². The molecule has 0 aromatic heterocycles. The molecular weight excluding hydrogens is 416 g/mol. The van der Waals surface area contributed by atoms with Gasteiger partial charge >= 0.3 is 5.97 Å². The third-order valence-electron chi connectivity index (χ3n) is 4.02. The molecule has 0 aliphatic carbocycles. The lowest BCUT2D eigenvalue weighted by molar-refractivity contribution is -0.144. The van der Waals surface area contributed by atoms with Crippen molar-refractivity contribution in [1.29, 1.82) is 0 Å². The van der Waals surface area contributed by atoms with E-state index in [9.17, 15) is 14.4 Å². The zero-order valence-corrected chi connectivity index (χ0v) is 16.7. The van der Waals surface area contributed by atoms with Crippen LogP contribution in [-0.2, 0) is 14.4 Å². The number of halogens is 1. The second-order valence-electron chi connectivity index (χ2n) is 6.11. The first-order chi connectivity index (χ1) is 13.8. The minimum absolute atomic E-state index is 0.0363. The Morgan fingerprint density at radius 1 is 1.24 bits per heavy atom. The zero-order chi connectivity index (χ0) is 21.1. The van der Waals surface area contributed by atoms with Gasteiger partial charge < -0.3 is 9.84 Å². The average Bonchev–Trinajstić information content (AvgIpc) is 2.66. The quantitative estimate of drug-likeness (QED) is 0.430. The molecule has 2 aromatic carbocycles. The van der Waals surface area contributed by atoms with Crippen molar-refractivity contribution in [2.24, 2.45) is 0 Å². The van der Waals surface area contributed by atoms with Crippen molar-refractivity contribution in [1.82, 2.24) is 5.32 Å². The van der Waals surface area contributed by atoms with E-state index in [1.807, 2.05) is 0 Å². The number of aliphatic carboxylic acids is 1. The molecule has 3 rings (SSSR count). The van der Waals surface area contributed by atoms with Gasteiger partial charge in [-0.2, -0.15) is 0 Å². The third-order valence-corrected chi connectivity index (χ3v) is 4.54. The van der Waals surface area contributed by atoms with Gasteiger partial charge in [0.1, 0.15) is 11.3 Å². The molecule has 148 valence electrons. The number of thiocarbonyl (C=S) groups is 1. The number of hydrogen-bond acceptors (Lipinski definition) is 5. The van der Waals surface area contributed by atoms with Gasteiger partial charge in [-0.05, 0) is 61.1 Å². The standard InChI is InChI=1S/C20H15ClN2O5S/c1-11(19(26)27)28-15-7-5-12(6-8-15)9-16-17(24)22-20(29)23(18(16)25)14-4-2-3-13(21)10-14/h2-11H,1H3,(H,26,27)(H,22,24,29). The summed E-state index contributed by atoms with van der Waals surface area (Å²) in [5.41, 5.74) is 0.883. The highest BCUT2D eigenvalue weighted by Gasteiger charge is 2.34. The number of nitrogens with zero attached hydrogens (tertiary/aromatic N) is 1. The Hall–Kier alpha value is -3.23. The number of ether oxygens (including phenoxy) is 1. The molecule has 7 nitrogen and oxygen atoms in total. The maximum atomic E-state index is 12.9. The Morgan fingerprint density at radius 3 is 2.55 bits per heavy atom. The topological polar surface area (TPSA) is 95.9 Å². The maximum Gasteiger partial charge on any atom is 0.344 e. The molecule has 1 saturated heterocycles. The fourth-order valence-corrected chi connectivity index (χ4v) is 3.04. The Labute approximate surface area is 176 Å². The molecule has 1 aliphatic rings. The van der Waals surface area contributed by atoms with Gasteiger partial charge in [-0.25, -0.2) is 4.79 Å². The summed E-state index contributed by atoms with van der Waals surface area (Å²) in [4.78, 5) is 37.3. The normalized spacial score (nSPS) is 16.6. The lowest BCUT2D eigenvalue weighted by Crippen LogP contribution is -2.54. The van der Waals surface area contributed by atoms with Crippen LogP contribution in [0.5, 0.6) is 5.75 Å². The highest BCUT2D eigenvalue weighted by molar-refractivity contribution is 7.80. The fourth-order valence-electron chi connectivity index (χ4n) is 2.57. The van der Waals surface area contributed by atoms with Gasteiger partial charge in [0.25, 0.3) is 11.8 Å². The zero-order valence-electron chi connectivity index (χ0n) is 15.1. The van der Waals surface area contributed by atoms with Crippen LogP contribution in [0.4, 0.5) is 5.69 Å². The Kier molecular flexibility index (Phi) is 5.95. The summed E-state index contributed by atoms with van der Waals surface area (Å²) in [5.74, 6) is -1.93. The molecule has 1 fully saturated rings. The lowest BCUT2D eigenvalue weighted by Gasteiger charge is -2.29. The predicted molar refractivity (Wildman–Crippen MR) is 112 cm³/mol. The smallest absolute Gasteiger partial charge is 0.344 e. The van der Waals surface area contributed by atoms with Crippen molar-refractivity contribution in [2.45, 2.75) is 13.0 Å². The highest BCUT2D eigenvalue weighted by Crippen LogP contribution is 2.25.